The first kappa shape index (κ1) is 34.0. The number of hydrogen-bond acceptors (Lipinski definition) is 6. The van der Waals surface area contributed by atoms with Crippen molar-refractivity contribution in [1.29, 1.82) is 0 Å². The summed E-state index contributed by atoms with van der Waals surface area (Å²) >= 11 is 9.61. The van der Waals surface area contributed by atoms with Crippen LogP contribution in [0.4, 0.5) is 0 Å². The van der Waals surface area contributed by atoms with Crippen molar-refractivity contribution in [3.8, 4) is 39.0 Å². The van der Waals surface area contributed by atoms with E-state index in [0.29, 0.717) is 6.42 Å². The Bertz CT molecular complexity index is 1610. The van der Waals surface area contributed by atoms with E-state index in [0.717, 1.165) is 19.3 Å². The first-order valence-corrected chi connectivity index (χ1v) is 21.8. The van der Waals surface area contributed by atoms with Gasteiger partial charge in [0.05, 0.1) is 0 Å². The molecule has 5 aromatic rings. The van der Waals surface area contributed by atoms with Gasteiger partial charge in [-0.2, -0.15) is 0 Å². The Labute approximate surface area is 282 Å². The molecule has 0 aliphatic rings. The van der Waals surface area contributed by atoms with Crippen molar-refractivity contribution in [1.82, 2.24) is 0 Å². The zero-order valence-corrected chi connectivity index (χ0v) is 30.4. The molecule has 0 unspecified atom stereocenters. The van der Waals surface area contributed by atoms with Crippen molar-refractivity contribution < 1.29 is 14.4 Å². The highest BCUT2D eigenvalue weighted by atomic mass is 32.1. The molecule has 0 amide bonds. The summed E-state index contributed by atoms with van der Waals surface area (Å²) in [6.07, 6.45) is 15.0. The van der Waals surface area contributed by atoms with E-state index >= 15 is 0 Å². The van der Waals surface area contributed by atoms with Crippen LogP contribution in [0.3, 0.4) is 0 Å². The van der Waals surface area contributed by atoms with Crippen molar-refractivity contribution in [2.75, 3.05) is 6.16 Å². The van der Waals surface area contributed by atoms with Crippen LogP contribution in [-0.4, -0.2) is 15.9 Å². The Hall–Kier alpha value is -1.35. The summed E-state index contributed by atoms with van der Waals surface area (Å²) in [6, 6.07) is 22.9. The summed E-state index contributed by atoms with van der Waals surface area (Å²) < 4.78 is 10.9. The van der Waals surface area contributed by atoms with Gasteiger partial charge in [0.25, 0.3) is 0 Å². The maximum atomic E-state index is 10.9. The number of thiophene rings is 5. The van der Waals surface area contributed by atoms with Gasteiger partial charge in [-0.25, -0.2) is 0 Å². The maximum absolute atomic E-state index is 10.9. The van der Waals surface area contributed by atoms with Crippen LogP contribution >= 0.6 is 64.3 Å². The smallest absolute Gasteiger partial charge is 0.324 e. The van der Waals surface area contributed by atoms with E-state index in [4.69, 9.17) is 9.79 Å². The Morgan fingerprint density at radius 3 is 1.16 bits per heavy atom. The third-order valence-corrected chi connectivity index (χ3v) is 15.0. The topological polar surface area (TPSA) is 57.5 Å². The van der Waals surface area contributed by atoms with Gasteiger partial charge in [-0.3, -0.25) is 4.57 Å². The molecule has 0 atom stereocenters. The van der Waals surface area contributed by atoms with Crippen molar-refractivity contribution in [2.45, 2.75) is 90.4 Å². The minimum absolute atomic E-state index is 0.0357. The molecule has 5 rings (SSSR count). The van der Waals surface area contributed by atoms with Gasteiger partial charge in [-0.15, -0.1) is 56.7 Å². The van der Waals surface area contributed by atoms with E-state index < -0.39 is 7.60 Å². The van der Waals surface area contributed by atoms with Gasteiger partial charge in [0.15, 0.2) is 0 Å². The van der Waals surface area contributed by atoms with Gasteiger partial charge in [0, 0.05) is 54.9 Å². The van der Waals surface area contributed by atoms with E-state index in [1.807, 2.05) is 56.7 Å². The maximum Gasteiger partial charge on any atom is 0.325 e. The first-order valence-electron chi connectivity index (χ1n) is 15.9. The molecule has 0 saturated heterocycles. The molecular formula is C35H43O3PS5. The molecule has 0 bridgehead atoms. The molecular weight excluding hydrogens is 660 g/mol. The van der Waals surface area contributed by atoms with Crippen LogP contribution in [0.1, 0.15) is 87.3 Å². The van der Waals surface area contributed by atoms with E-state index in [1.54, 1.807) is 0 Å². The van der Waals surface area contributed by atoms with Gasteiger partial charge in [0.2, 0.25) is 0 Å². The van der Waals surface area contributed by atoms with Gasteiger partial charge in [0.1, 0.15) is 0 Å². The van der Waals surface area contributed by atoms with Gasteiger partial charge >= 0.3 is 7.60 Å². The third-order valence-electron chi connectivity index (χ3n) is 7.76. The second-order valence-electron chi connectivity index (χ2n) is 11.4. The van der Waals surface area contributed by atoms with Crippen molar-refractivity contribution in [2.24, 2.45) is 0 Å². The summed E-state index contributed by atoms with van der Waals surface area (Å²) in [4.78, 5) is 31.7. The lowest BCUT2D eigenvalue weighted by molar-refractivity contribution is 0.370. The van der Waals surface area contributed by atoms with E-state index in [9.17, 15) is 4.57 Å². The van der Waals surface area contributed by atoms with Crippen LogP contribution in [0, 0.1) is 0 Å². The highest BCUT2D eigenvalue weighted by molar-refractivity contribution is 7.51. The molecule has 0 radical (unpaired) electrons. The molecule has 3 nitrogen and oxygen atoms in total. The van der Waals surface area contributed by atoms with E-state index in [1.165, 1.54) is 107 Å². The fourth-order valence-electron chi connectivity index (χ4n) is 5.30. The zero-order chi connectivity index (χ0) is 30.8. The molecule has 0 spiro atoms. The minimum atomic E-state index is -3.81. The predicted octanol–water partition coefficient (Wildman–Crippen LogP) is 13.2. The second kappa shape index (κ2) is 17.0. The fourth-order valence-corrected chi connectivity index (χ4v) is 11.4. The van der Waals surface area contributed by atoms with Crippen molar-refractivity contribution >= 4 is 64.3 Å². The monoisotopic (exact) mass is 702 g/mol. The predicted molar refractivity (Wildman–Crippen MR) is 198 cm³/mol. The molecule has 236 valence electrons. The van der Waals surface area contributed by atoms with Crippen LogP contribution in [0.2, 0.25) is 0 Å². The Balaban J connectivity index is 1.05. The number of rotatable bonds is 19. The number of aryl methyl sites for hydroxylation is 2. The van der Waals surface area contributed by atoms with Crippen molar-refractivity contribution in [3.05, 3.63) is 70.4 Å². The fraction of sp³-hybridized carbons (Fsp3) is 0.429. The summed E-state index contributed by atoms with van der Waals surface area (Å²) in [5.41, 5.74) is 0. The molecule has 44 heavy (non-hydrogen) atoms. The SMILES string of the molecule is CCCCc1ccc(-c2ccc(-c3ccc(-c4ccc(-c5ccc(CCCCCCCCCCCP(=O)(O)O)s5)s4)s3)s2)s1. The summed E-state index contributed by atoms with van der Waals surface area (Å²) in [6.45, 7) is 2.26. The number of hydrogen-bond donors (Lipinski definition) is 2. The molecule has 2 N–H and O–H groups in total. The van der Waals surface area contributed by atoms with Gasteiger partial charge < -0.3 is 9.79 Å². The second-order valence-corrected chi connectivity index (χ2v) is 18.8. The lowest BCUT2D eigenvalue weighted by Gasteiger charge is -2.04. The average Bonchev–Trinajstić information content (AvgIpc) is 3.83. The average molecular weight is 703 g/mol. The van der Waals surface area contributed by atoms with Crippen LogP contribution < -0.4 is 0 Å². The van der Waals surface area contributed by atoms with Gasteiger partial charge in [-0.1, -0.05) is 58.3 Å². The molecule has 0 saturated carbocycles. The van der Waals surface area contributed by atoms with Gasteiger partial charge in [-0.05, 0) is 92.8 Å². The molecule has 5 heterocycles. The Morgan fingerprint density at radius 2 is 0.773 bits per heavy atom. The minimum Gasteiger partial charge on any atom is -0.324 e. The molecule has 5 aromatic heterocycles. The van der Waals surface area contributed by atoms with E-state index in [2.05, 4.69) is 67.6 Å². The van der Waals surface area contributed by atoms with Crippen LogP contribution in [-0.2, 0) is 17.4 Å². The van der Waals surface area contributed by atoms with Crippen molar-refractivity contribution in [3.63, 3.8) is 0 Å². The molecule has 0 aromatic carbocycles. The normalized spacial score (nSPS) is 12.0. The van der Waals surface area contributed by atoms with Crippen LogP contribution in [0.25, 0.3) is 39.0 Å². The third kappa shape index (κ3) is 10.3. The van der Waals surface area contributed by atoms with Crippen LogP contribution in [0.15, 0.2) is 60.7 Å². The standard InChI is InChI=1S/C35H43O3PS5/c1-2-3-13-26-15-17-28(40-26)30-19-21-32(42-30)34-23-24-35(44-34)33-22-20-31(43-33)29-18-16-27(41-29)14-11-9-7-5-4-6-8-10-12-25-39(36,37)38/h15-24H,2-14,25H2,1H3,(H2,36,37,38). The summed E-state index contributed by atoms with van der Waals surface area (Å²) in [5.74, 6) is 0. The van der Waals surface area contributed by atoms with Crippen LogP contribution in [0.5, 0.6) is 0 Å². The summed E-state index contributed by atoms with van der Waals surface area (Å²) in [7, 11) is -3.81. The first-order chi connectivity index (χ1) is 21.4. The largest absolute Gasteiger partial charge is 0.325 e. The summed E-state index contributed by atoms with van der Waals surface area (Å²) in [5, 5.41) is 0. The lowest BCUT2D eigenvalue weighted by atomic mass is 10.1. The zero-order valence-electron chi connectivity index (χ0n) is 25.5. The highest BCUT2D eigenvalue weighted by Crippen LogP contribution is 2.45. The molecule has 0 fully saturated rings. The van der Waals surface area contributed by atoms with E-state index in [-0.39, 0.29) is 6.16 Å². The molecule has 0 aliphatic heterocycles. The Kier molecular flexibility index (Phi) is 13.1. The highest BCUT2D eigenvalue weighted by Gasteiger charge is 2.13. The quantitative estimate of drug-likeness (QED) is 0.0665. The Morgan fingerprint density at radius 1 is 0.455 bits per heavy atom. The number of unbranched alkanes of at least 4 members (excludes halogenated alkanes) is 9. The molecule has 9 heteroatoms. The molecule has 0 aliphatic carbocycles. The lowest BCUT2D eigenvalue weighted by Crippen LogP contribution is -1.88.